The second-order valence-electron chi connectivity index (χ2n) is 10.5. The third-order valence-electron chi connectivity index (χ3n) is 8.05. The highest BCUT2D eigenvalue weighted by Gasteiger charge is 2.56. The summed E-state index contributed by atoms with van der Waals surface area (Å²) in [5.41, 5.74) is 1.32. The molecule has 8 nitrogen and oxygen atoms in total. The summed E-state index contributed by atoms with van der Waals surface area (Å²) in [6, 6.07) is 9.78. The number of nitrogens with zero attached hydrogens (tertiary/aromatic N) is 1. The molecule has 2 saturated heterocycles. The van der Waals surface area contributed by atoms with Crippen LogP contribution in [0, 0.1) is 11.8 Å². The molecule has 5 rings (SSSR count). The SMILES string of the molecule is CC(c1ccccc1OCC1CCN(Cc2cc(Cl)c[nH]c2=O)C2(C1)OC(=O)C(=O)O2)C1CCCCC1. The maximum Gasteiger partial charge on any atom is 0.421 e. The maximum absolute atomic E-state index is 12.3. The van der Waals surface area contributed by atoms with E-state index in [0.717, 1.165) is 12.2 Å². The summed E-state index contributed by atoms with van der Waals surface area (Å²) >= 11 is 6.06. The number of carbonyl (C=O) groups is 2. The van der Waals surface area contributed by atoms with E-state index in [2.05, 4.69) is 24.0 Å². The molecule has 2 aromatic rings. The van der Waals surface area contributed by atoms with Gasteiger partial charge in [0, 0.05) is 37.2 Å². The number of benzene rings is 1. The molecule has 1 aromatic carbocycles. The fraction of sp³-hybridized carbons (Fsp3) is 0.536. The third kappa shape index (κ3) is 5.55. The molecule has 2 aliphatic heterocycles. The molecule has 1 spiro atoms. The summed E-state index contributed by atoms with van der Waals surface area (Å²) in [5, 5.41) is 0.383. The molecule has 3 fully saturated rings. The van der Waals surface area contributed by atoms with E-state index >= 15 is 0 Å². The average molecular weight is 529 g/mol. The fourth-order valence-electron chi connectivity index (χ4n) is 5.96. The molecule has 0 radical (unpaired) electrons. The molecule has 0 bridgehead atoms. The van der Waals surface area contributed by atoms with Gasteiger partial charge in [-0.1, -0.05) is 56.0 Å². The van der Waals surface area contributed by atoms with Gasteiger partial charge in [0.15, 0.2) is 0 Å². The van der Waals surface area contributed by atoms with E-state index in [0.29, 0.717) is 35.6 Å². The number of halogens is 1. The van der Waals surface area contributed by atoms with Gasteiger partial charge in [0.25, 0.3) is 5.56 Å². The molecule has 3 heterocycles. The average Bonchev–Trinajstić information content (AvgIpc) is 3.19. The van der Waals surface area contributed by atoms with Crippen LogP contribution in [0.25, 0.3) is 0 Å². The number of likely N-dealkylation sites (tertiary alicyclic amines) is 1. The third-order valence-corrected chi connectivity index (χ3v) is 8.27. The van der Waals surface area contributed by atoms with Crippen LogP contribution < -0.4 is 10.3 Å². The number of nitrogens with one attached hydrogen (secondary N) is 1. The van der Waals surface area contributed by atoms with Crippen molar-refractivity contribution in [2.24, 2.45) is 11.8 Å². The molecule has 2 unspecified atom stereocenters. The predicted octanol–water partition coefficient (Wildman–Crippen LogP) is 4.76. The standard InChI is InChI=1S/C28H33ClN2O6/c1-18(20-7-3-2-4-8-20)23-9-5-6-10-24(23)35-17-19-11-12-31(16-21-13-22(29)15-30-25(21)32)28(14-19)36-26(33)27(34)37-28/h5-6,9-10,13,15,18-20H,2-4,7-8,11-12,14,16-17H2,1H3,(H,30,32). The van der Waals surface area contributed by atoms with E-state index in [9.17, 15) is 14.4 Å². The van der Waals surface area contributed by atoms with Crippen LogP contribution in [0.3, 0.4) is 0 Å². The first-order chi connectivity index (χ1) is 17.8. The monoisotopic (exact) mass is 528 g/mol. The molecule has 1 N–H and O–H groups in total. The Bertz CT molecular complexity index is 1190. The van der Waals surface area contributed by atoms with Crippen molar-refractivity contribution in [3.8, 4) is 5.75 Å². The number of H-pyrrole nitrogens is 1. The Balaban J connectivity index is 1.30. The first-order valence-corrected chi connectivity index (χ1v) is 13.5. The topological polar surface area (TPSA) is 97.9 Å². The highest BCUT2D eigenvalue weighted by Crippen LogP contribution is 2.41. The zero-order valence-corrected chi connectivity index (χ0v) is 21.8. The Morgan fingerprint density at radius 3 is 2.59 bits per heavy atom. The normalized spacial score (nSPS) is 23.0. The van der Waals surface area contributed by atoms with Gasteiger partial charge in [-0.05, 0) is 48.8 Å². The molecule has 37 heavy (non-hydrogen) atoms. The van der Waals surface area contributed by atoms with Gasteiger partial charge in [-0.25, -0.2) is 14.5 Å². The molecular formula is C28H33ClN2O6. The Labute approximate surface area is 221 Å². The van der Waals surface area contributed by atoms with Gasteiger partial charge in [-0.2, -0.15) is 0 Å². The van der Waals surface area contributed by atoms with Crippen molar-refractivity contribution in [3.63, 3.8) is 0 Å². The van der Waals surface area contributed by atoms with Crippen molar-refractivity contribution in [3.05, 3.63) is 63.0 Å². The lowest BCUT2D eigenvalue weighted by molar-refractivity contribution is -0.275. The van der Waals surface area contributed by atoms with Crippen LogP contribution in [0.1, 0.15) is 68.9 Å². The second-order valence-corrected chi connectivity index (χ2v) is 10.9. The van der Waals surface area contributed by atoms with Gasteiger partial charge in [0.2, 0.25) is 0 Å². The van der Waals surface area contributed by atoms with Crippen LogP contribution in [-0.2, 0) is 25.6 Å². The summed E-state index contributed by atoms with van der Waals surface area (Å²) < 4.78 is 17.4. The lowest BCUT2D eigenvalue weighted by Gasteiger charge is -2.43. The minimum atomic E-state index is -1.57. The highest BCUT2D eigenvalue weighted by atomic mass is 35.5. The zero-order chi connectivity index (χ0) is 26.0. The number of carbonyl (C=O) groups excluding carboxylic acids is 2. The van der Waals surface area contributed by atoms with Crippen LogP contribution in [0.2, 0.25) is 5.02 Å². The van der Waals surface area contributed by atoms with Gasteiger partial charge in [-0.15, -0.1) is 0 Å². The summed E-state index contributed by atoms with van der Waals surface area (Å²) in [4.78, 5) is 40.8. The number of aromatic nitrogens is 1. The van der Waals surface area contributed by atoms with Gasteiger partial charge < -0.3 is 19.2 Å². The van der Waals surface area contributed by atoms with Crippen molar-refractivity contribution >= 4 is 23.5 Å². The summed E-state index contributed by atoms with van der Waals surface area (Å²) in [6.07, 6.45) is 8.79. The lowest BCUT2D eigenvalue weighted by Crippen LogP contribution is -2.55. The Morgan fingerprint density at radius 2 is 1.84 bits per heavy atom. The van der Waals surface area contributed by atoms with Crippen LogP contribution in [0.15, 0.2) is 41.3 Å². The zero-order valence-electron chi connectivity index (χ0n) is 21.0. The second kappa shape index (κ2) is 10.9. The number of ether oxygens (including phenoxy) is 3. The van der Waals surface area contributed by atoms with Crippen molar-refractivity contribution < 1.29 is 23.8 Å². The summed E-state index contributed by atoms with van der Waals surface area (Å²) in [6.45, 7) is 3.25. The number of aromatic amines is 1. The summed E-state index contributed by atoms with van der Waals surface area (Å²) in [7, 11) is 0. The molecule has 198 valence electrons. The molecule has 1 saturated carbocycles. The minimum Gasteiger partial charge on any atom is -0.493 e. The first-order valence-electron chi connectivity index (χ1n) is 13.1. The number of para-hydroxylation sites is 1. The molecular weight excluding hydrogens is 496 g/mol. The van der Waals surface area contributed by atoms with Crippen LogP contribution in [0.5, 0.6) is 5.75 Å². The smallest absolute Gasteiger partial charge is 0.421 e. The predicted molar refractivity (Wildman–Crippen MR) is 137 cm³/mol. The number of pyridine rings is 1. The van der Waals surface area contributed by atoms with Gasteiger partial charge in [0.1, 0.15) is 5.75 Å². The quantitative estimate of drug-likeness (QED) is 0.409. The van der Waals surface area contributed by atoms with Gasteiger partial charge in [0.05, 0.1) is 11.6 Å². The van der Waals surface area contributed by atoms with Gasteiger partial charge >= 0.3 is 17.8 Å². The number of hydrogen-bond acceptors (Lipinski definition) is 7. The van der Waals surface area contributed by atoms with Crippen LogP contribution >= 0.6 is 11.6 Å². The Kier molecular flexibility index (Phi) is 7.58. The van der Waals surface area contributed by atoms with E-state index < -0.39 is 17.8 Å². The van der Waals surface area contributed by atoms with Crippen molar-refractivity contribution in [1.29, 1.82) is 0 Å². The highest BCUT2D eigenvalue weighted by molar-refractivity contribution is 6.31. The van der Waals surface area contributed by atoms with E-state index in [-0.39, 0.29) is 24.4 Å². The number of rotatable bonds is 7. The van der Waals surface area contributed by atoms with E-state index in [1.807, 2.05) is 12.1 Å². The molecule has 3 aliphatic rings. The van der Waals surface area contributed by atoms with Crippen molar-refractivity contribution in [1.82, 2.24) is 9.88 Å². The van der Waals surface area contributed by atoms with Crippen molar-refractivity contribution in [2.75, 3.05) is 13.2 Å². The number of hydrogen-bond donors (Lipinski definition) is 1. The molecule has 0 amide bonds. The van der Waals surface area contributed by atoms with Crippen LogP contribution in [-0.4, -0.2) is 40.9 Å². The fourth-order valence-corrected chi connectivity index (χ4v) is 6.15. The van der Waals surface area contributed by atoms with Crippen molar-refractivity contribution in [2.45, 2.75) is 70.2 Å². The van der Waals surface area contributed by atoms with Gasteiger partial charge in [-0.3, -0.25) is 4.79 Å². The minimum absolute atomic E-state index is 0.0226. The molecule has 2 atom stereocenters. The number of piperidine rings is 1. The molecule has 1 aromatic heterocycles. The van der Waals surface area contributed by atoms with E-state index in [4.69, 9.17) is 25.8 Å². The first kappa shape index (κ1) is 25.8. The largest absolute Gasteiger partial charge is 0.493 e. The number of esters is 2. The van der Waals surface area contributed by atoms with E-state index in [1.54, 1.807) is 11.0 Å². The Morgan fingerprint density at radius 1 is 1.11 bits per heavy atom. The molecule has 1 aliphatic carbocycles. The van der Waals surface area contributed by atoms with E-state index in [1.165, 1.54) is 43.9 Å². The summed E-state index contributed by atoms with van der Waals surface area (Å²) in [5.74, 6) is -1.69. The Hall–Kier alpha value is -2.84. The lowest BCUT2D eigenvalue weighted by atomic mass is 9.77. The van der Waals surface area contributed by atoms with Crippen LogP contribution in [0.4, 0.5) is 0 Å². The molecule has 9 heteroatoms. The maximum atomic E-state index is 12.3.